The lowest BCUT2D eigenvalue weighted by molar-refractivity contribution is -0.541. The third-order valence-corrected chi connectivity index (χ3v) is 2.32. The third kappa shape index (κ3) is 3.02. The molecular formula is C11H15NO3. The minimum atomic E-state index is -1.01. The maximum absolute atomic E-state index is 10.9. The summed E-state index contributed by atoms with van der Waals surface area (Å²) in [5, 5.41) is 20.6. The molecule has 0 saturated heterocycles. The van der Waals surface area contributed by atoms with E-state index in [1.54, 1.807) is 30.3 Å². The summed E-state index contributed by atoms with van der Waals surface area (Å²) in [6.45, 7) is 1.89. The summed E-state index contributed by atoms with van der Waals surface area (Å²) in [7, 11) is 0. The number of hydrogen-bond acceptors (Lipinski definition) is 3. The van der Waals surface area contributed by atoms with Gasteiger partial charge < -0.3 is 5.11 Å². The molecular weight excluding hydrogens is 194 g/mol. The molecule has 1 aromatic rings. The van der Waals surface area contributed by atoms with Crippen LogP contribution in [-0.2, 0) is 0 Å². The summed E-state index contributed by atoms with van der Waals surface area (Å²) in [6.07, 6.45) is 0.270. The molecule has 0 unspecified atom stereocenters. The lowest BCUT2D eigenvalue weighted by Crippen LogP contribution is -2.25. The highest BCUT2D eigenvalue weighted by molar-refractivity contribution is 5.18. The van der Waals surface area contributed by atoms with Crippen molar-refractivity contribution in [1.29, 1.82) is 0 Å². The molecule has 1 N–H and O–H groups in total. The molecule has 0 radical (unpaired) electrons. The zero-order valence-electron chi connectivity index (χ0n) is 8.67. The zero-order chi connectivity index (χ0) is 11.3. The van der Waals surface area contributed by atoms with Gasteiger partial charge in [0.2, 0.25) is 0 Å². The molecule has 82 valence electrons. The summed E-state index contributed by atoms with van der Waals surface area (Å²) < 4.78 is 0. The van der Waals surface area contributed by atoms with Crippen LogP contribution in [0.1, 0.15) is 31.4 Å². The molecule has 2 atom stereocenters. The Bertz CT molecular complexity index is 313. The second-order valence-electron chi connectivity index (χ2n) is 3.50. The molecule has 4 heteroatoms. The maximum atomic E-state index is 10.9. The van der Waals surface area contributed by atoms with E-state index in [2.05, 4.69) is 0 Å². The van der Waals surface area contributed by atoms with Crippen molar-refractivity contribution in [3.8, 4) is 0 Å². The van der Waals surface area contributed by atoms with Crippen LogP contribution in [0, 0.1) is 10.1 Å². The standard InChI is InChI=1S/C11H15NO3/c1-2-6-10(13)11(12(14)15)9-7-4-3-5-8-9/h3-5,7-8,10-11,13H,2,6H2,1H3/t10-,11-/m1/s1. The Morgan fingerprint density at radius 1 is 1.40 bits per heavy atom. The Morgan fingerprint density at radius 2 is 2.00 bits per heavy atom. The Morgan fingerprint density at radius 3 is 2.47 bits per heavy atom. The van der Waals surface area contributed by atoms with Crippen LogP contribution in [0.5, 0.6) is 0 Å². The van der Waals surface area contributed by atoms with Crippen molar-refractivity contribution in [2.75, 3.05) is 0 Å². The summed E-state index contributed by atoms with van der Waals surface area (Å²) in [5.41, 5.74) is 0.559. The molecule has 0 fully saturated rings. The van der Waals surface area contributed by atoms with E-state index in [0.717, 1.165) is 6.42 Å². The topological polar surface area (TPSA) is 63.4 Å². The fourth-order valence-electron chi connectivity index (χ4n) is 1.59. The number of nitrogens with zero attached hydrogens (tertiary/aromatic N) is 1. The smallest absolute Gasteiger partial charge is 0.263 e. The largest absolute Gasteiger partial charge is 0.386 e. The first-order chi connectivity index (χ1) is 7.16. The third-order valence-electron chi connectivity index (χ3n) is 2.32. The molecule has 1 aromatic carbocycles. The molecule has 0 aliphatic heterocycles. The fraction of sp³-hybridized carbons (Fsp3) is 0.455. The highest BCUT2D eigenvalue weighted by Gasteiger charge is 2.30. The van der Waals surface area contributed by atoms with E-state index in [0.29, 0.717) is 12.0 Å². The summed E-state index contributed by atoms with van der Waals surface area (Å²) >= 11 is 0. The van der Waals surface area contributed by atoms with Gasteiger partial charge in [-0.05, 0) is 6.42 Å². The number of nitro groups is 1. The van der Waals surface area contributed by atoms with Gasteiger partial charge in [-0.1, -0.05) is 43.7 Å². The Balaban J connectivity index is 2.88. The highest BCUT2D eigenvalue weighted by Crippen LogP contribution is 2.22. The predicted octanol–water partition coefficient (Wildman–Crippen LogP) is 2.17. The van der Waals surface area contributed by atoms with Crippen LogP contribution in [0.2, 0.25) is 0 Å². The number of aliphatic hydroxyl groups excluding tert-OH is 1. The number of benzene rings is 1. The van der Waals surface area contributed by atoms with E-state index in [1.807, 2.05) is 6.92 Å². The van der Waals surface area contributed by atoms with Gasteiger partial charge >= 0.3 is 0 Å². The van der Waals surface area contributed by atoms with Gasteiger partial charge in [0.25, 0.3) is 6.04 Å². The number of hydrogen-bond donors (Lipinski definition) is 1. The second-order valence-corrected chi connectivity index (χ2v) is 3.50. The van der Waals surface area contributed by atoms with Crippen molar-refractivity contribution in [3.63, 3.8) is 0 Å². The molecule has 4 nitrogen and oxygen atoms in total. The molecule has 0 heterocycles. The molecule has 0 aromatic heterocycles. The minimum Gasteiger partial charge on any atom is -0.386 e. The lowest BCUT2D eigenvalue weighted by atomic mass is 9.99. The first-order valence-electron chi connectivity index (χ1n) is 5.03. The van der Waals surface area contributed by atoms with E-state index < -0.39 is 17.1 Å². The quantitative estimate of drug-likeness (QED) is 0.597. The molecule has 0 spiro atoms. The Hall–Kier alpha value is -1.42. The maximum Gasteiger partial charge on any atom is 0.263 e. The van der Waals surface area contributed by atoms with Crippen molar-refractivity contribution >= 4 is 0 Å². The highest BCUT2D eigenvalue weighted by atomic mass is 16.6. The van der Waals surface area contributed by atoms with Crippen LogP contribution in [0.3, 0.4) is 0 Å². The van der Waals surface area contributed by atoms with E-state index in [1.165, 1.54) is 0 Å². The van der Waals surface area contributed by atoms with Crippen molar-refractivity contribution in [2.45, 2.75) is 31.9 Å². The van der Waals surface area contributed by atoms with Gasteiger partial charge in [0, 0.05) is 10.5 Å². The molecule has 0 amide bonds. The Kier molecular flexibility index (Phi) is 4.24. The van der Waals surface area contributed by atoms with Crippen LogP contribution in [0.25, 0.3) is 0 Å². The first kappa shape index (κ1) is 11.7. The van der Waals surface area contributed by atoms with Crippen molar-refractivity contribution in [1.82, 2.24) is 0 Å². The van der Waals surface area contributed by atoms with Crippen molar-refractivity contribution in [3.05, 3.63) is 46.0 Å². The van der Waals surface area contributed by atoms with Gasteiger partial charge in [-0.2, -0.15) is 0 Å². The Labute approximate surface area is 88.7 Å². The van der Waals surface area contributed by atoms with Crippen molar-refractivity contribution in [2.24, 2.45) is 0 Å². The molecule has 1 rings (SSSR count). The minimum absolute atomic E-state index is 0.421. The normalized spacial score (nSPS) is 14.5. The molecule has 15 heavy (non-hydrogen) atoms. The van der Waals surface area contributed by atoms with Gasteiger partial charge in [0.05, 0.1) is 0 Å². The number of rotatable bonds is 5. The molecule has 0 aliphatic rings. The molecule has 0 aliphatic carbocycles. The van der Waals surface area contributed by atoms with Gasteiger partial charge in [-0.15, -0.1) is 0 Å². The van der Waals surface area contributed by atoms with E-state index >= 15 is 0 Å². The van der Waals surface area contributed by atoms with Gasteiger partial charge in [0.1, 0.15) is 6.10 Å². The van der Waals surface area contributed by atoms with Crippen LogP contribution in [-0.4, -0.2) is 16.1 Å². The van der Waals surface area contributed by atoms with E-state index in [9.17, 15) is 15.2 Å². The average molecular weight is 209 g/mol. The van der Waals surface area contributed by atoms with E-state index in [-0.39, 0.29) is 0 Å². The number of aliphatic hydroxyl groups is 1. The zero-order valence-corrected chi connectivity index (χ0v) is 8.67. The van der Waals surface area contributed by atoms with Gasteiger partial charge in [-0.3, -0.25) is 10.1 Å². The summed E-state index contributed by atoms with van der Waals surface area (Å²) in [4.78, 5) is 10.4. The summed E-state index contributed by atoms with van der Waals surface area (Å²) in [6, 6.07) is 7.62. The van der Waals surface area contributed by atoms with Crippen LogP contribution in [0.4, 0.5) is 0 Å². The monoisotopic (exact) mass is 209 g/mol. The van der Waals surface area contributed by atoms with Crippen molar-refractivity contribution < 1.29 is 10.0 Å². The lowest BCUT2D eigenvalue weighted by Gasteiger charge is -2.15. The van der Waals surface area contributed by atoms with Gasteiger partial charge in [-0.25, -0.2) is 0 Å². The van der Waals surface area contributed by atoms with Crippen LogP contribution < -0.4 is 0 Å². The van der Waals surface area contributed by atoms with Crippen LogP contribution >= 0.6 is 0 Å². The van der Waals surface area contributed by atoms with Crippen LogP contribution in [0.15, 0.2) is 30.3 Å². The average Bonchev–Trinajstić information content (AvgIpc) is 2.19. The fourth-order valence-corrected chi connectivity index (χ4v) is 1.59. The molecule has 0 bridgehead atoms. The van der Waals surface area contributed by atoms with E-state index in [4.69, 9.17) is 0 Å². The predicted molar refractivity (Wildman–Crippen MR) is 57.1 cm³/mol. The van der Waals surface area contributed by atoms with Gasteiger partial charge in [0.15, 0.2) is 0 Å². The second kappa shape index (κ2) is 5.46. The summed E-state index contributed by atoms with van der Waals surface area (Å²) in [5.74, 6) is 0. The SMILES string of the molecule is CCC[C@@H](O)[C@@H](c1ccccc1)[N+](=O)[O-]. The molecule has 0 saturated carbocycles. The first-order valence-corrected chi connectivity index (χ1v) is 5.03.